The zero-order valence-electron chi connectivity index (χ0n) is 12.7. The van der Waals surface area contributed by atoms with E-state index < -0.39 is 5.76 Å². The predicted molar refractivity (Wildman–Crippen MR) is 89.6 cm³/mol. The Labute approximate surface area is 136 Å². The maximum Gasteiger partial charge on any atom is 0.417 e. The molecule has 0 bridgehead atoms. The summed E-state index contributed by atoms with van der Waals surface area (Å²) in [4.78, 5) is 29.8. The van der Waals surface area contributed by atoms with E-state index in [4.69, 9.17) is 4.42 Å². The quantitative estimate of drug-likeness (QED) is 0.727. The van der Waals surface area contributed by atoms with E-state index in [1.54, 1.807) is 23.5 Å². The van der Waals surface area contributed by atoms with Gasteiger partial charge in [-0.1, -0.05) is 13.0 Å². The Morgan fingerprint density at radius 3 is 3.13 bits per heavy atom. The van der Waals surface area contributed by atoms with E-state index in [9.17, 15) is 9.59 Å². The fourth-order valence-corrected chi connectivity index (χ4v) is 3.09. The Hall–Kier alpha value is -2.41. The van der Waals surface area contributed by atoms with Crippen LogP contribution in [-0.4, -0.2) is 22.4 Å². The molecular weight excluding hydrogens is 314 g/mol. The summed E-state index contributed by atoms with van der Waals surface area (Å²) >= 11 is 1.56. The topological polar surface area (TPSA) is 88.0 Å². The highest BCUT2D eigenvalue weighted by Crippen LogP contribution is 2.25. The number of carbonyl (C=O) groups is 1. The summed E-state index contributed by atoms with van der Waals surface area (Å²) in [7, 11) is 0. The highest BCUT2D eigenvalue weighted by atomic mass is 32.1. The summed E-state index contributed by atoms with van der Waals surface area (Å²) in [6.45, 7) is 2.58. The molecule has 1 aromatic carbocycles. The molecule has 2 heterocycles. The Morgan fingerprint density at radius 1 is 1.43 bits per heavy atom. The second-order valence-electron chi connectivity index (χ2n) is 5.20. The van der Waals surface area contributed by atoms with Gasteiger partial charge in [0.1, 0.15) is 0 Å². The Bertz CT molecular complexity index is 878. The van der Waals surface area contributed by atoms with E-state index >= 15 is 0 Å². The van der Waals surface area contributed by atoms with Gasteiger partial charge in [0.25, 0.3) is 0 Å². The van der Waals surface area contributed by atoms with E-state index in [-0.39, 0.29) is 5.91 Å². The number of carbonyl (C=O) groups excluding carboxylic acids is 1. The summed E-state index contributed by atoms with van der Waals surface area (Å²) in [6.07, 6.45) is 2.12. The molecule has 0 fully saturated rings. The normalized spacial score (nSPS) is 11.0. The van der Waals surface area contributed by atoms with Crippen molar-refractivity contribution in [1.29, 1.82) is 0 Å². The maximum absolute atomic E-state index is 11.4. The molecule has 23 heavy (non-hydrogen) atoms. The number of benzene rings is 1. The van der Waals surface area contributed by atoms with Crippen molar-refractivity contribution < 1.29 is 9.21 Å². The van der Waals surface area contributed by atoms with E-state index in [2.05, 4.69) is 15.3 Å². The van der Waals surface area contributed by atoms with Crippen LogP contribution in [0.25, 0.3) is 22.4 Å². The van der Waals surface area contributed by atoms with Crippen LogP contribution in [0.2, 0.25) is 0 Å². The lowest BCUT2D eigenvalue weighted by Gasteiger charge is -2.01. The van der Waals surface area contributed by atoms with Gasteiger partial charge in [-0.2, -0.15) is 0 Å². The summed E-state index contributed by atoms with van der Waals surface area (Å²) in [6, 6.07) is 5.50. The minimum atomic E-state index is -0.459. The molecule has 2 aromatic heterocycles. The van der Waals surface area contributed by atoms with Gasteiger partial charge in [0, 0.05) is 30.3 Å². The van der Waals surface area contributed by atoms with Crippen LogP contribution in [0.4, 0.5) is 0 Å². The number of thiazole rings is 1. The fourth-order valence-electron chi connectivity index (χ4n) is 2.29. The zero-order chi connectivity index (χ0) is 16.2. The molecule has 0 aliphatic rings. The molecule has 0 saturated carbocycles. The van der Waals surface area contributed by atoms with Crippen molar-refractivity contribution in [2.45, 2.75) is 26.2 Å². The number of oxazole rings is 1. The van der Waals surface area contributed by atoms with Gasteiger partial charge in [-0.15, -0.1) is 11.3 Å². The highest BCUT2D eigenvalue weighted by molar-refractivity contribution is 7.09. The lowest BCUT2D eigenvalue weighted by Crippen LogP contribution is -2.25. The Balaban J connectivity index is 1.68. The Kier molecular flexibility index (Phi) is 4.57. The average Bonchev–Trinajstić information content (AvgIpc) is 3.12. The first-order valence-corrected chi connectivity index (χ1v) is 8.38. The number of aromatic amines is 1. The zero-order valence-corrected chi connectivity index (χ0v) is 13.5. The molecule has 0 aliphatic carbocycles. The molecule has 3 rings (SSSR count). The molecule has 0 atom stereocenters. The van der Waals surface area contributed by atoms with Crippen LogP contribution in [0.15, 0.2) is 32.8 Å². The lowest BCUT2D eigenvalue weighted by atomic mass is 10.1. The van der Waals surface area contributed by atoms with Crippen molar-refractivity contribution in [3.63, 3.8) is 0 Å². The summed E-state index contributed by atoms with van der Waals surface area (Å²) in [5.74, 6) is -0.379. The molecule has 3 aromatic rings. The highest BCUT2D eigenvalue weighted by Gasteiger charge is 2.08. The van der Waals surface area contributed by atoms with Crippen molar-refractivity contribution in [1.82, 2.24) is 15.3 Å². The van der Waals surface area contributed by atoms with Crippen molar-refractivity contribution in [3.05, 3.63) is 39.1 Å². The third-order valence-corrected chi connectivity index (χ3v) is 4.32. The summed E-state index contributed by atoms with van der Waals surface area (Å²) in [5, 5.41) is 5.81. The molecule has 120 valence electrons. The number of fused-ring (bicyclic) bond motifs is 1. The van der Waals surface area contributed by atoms with Crippen molar-refractivity contribution in [2.75, 3.05) is 6.54 Å². The number of nitrogens with one attached hydrogen (secondary N) is 2. The van der Waals surface area contributed by atoms with Crippen molar-refractivity contribution >= 4 is 28.3 Å². The SMILES string of the molecule is CCCC(=O)NCCc1nc(-c2ccc3[nH]c(=O)oc3c2)cs1. The molecule has 0 unspecified atom stereocenters. The molecular formula is C16H17N3O3S. The standard InChI is InChI=1S/C16H17N3O3S/c1-2-3-14(20)17-7-6-15-18-12(9-23-15)10-4-5-11-13(8-10)22-16(21)19-11/h4-5,8-9H,2-3,6-7H2,1H3,(H,17,20)(H,19,21). The molecule has 0 spiro atoms. The van der Waals surface area contributed by atoms with E-state index in [1.165, 1.54) is 0 Å². The van der Waals surface area contributed by atoms with Crippen LogP contribution in [0.3, 0.4) is 0 Å². The smallest absolute Gasteiger partial charge is 0.408 e. The van der Waals surface area contributed by atoms with Gasteiger partial charge in [0.05, 0.1) is 16.2 Å². The summed E-state index contributed by atoms with van der Waals surface area (Å²) < 4.78 is 5.07. The third kappa shape index (κ3) is 3.68. The largest absolute Gasteiger partial charge is 0.417 e. The molecule has 1 amide bonds. The first-order chi connectivity index (χ1) is 11.2. The Morgan fingerprint density at radius 2 is 2.30 bits per heavy atom. The van der Waals surface area contributed by atoms with Crippen LogP contribution in [-0.2, 0) is 11.2 Å². The van der Waals surface area contributed by atoms with Gasteiger partial charge in [-0.25, -0.2) is 9.78 Å². The molecule has 7 heteroatoms. The molecule has 6 nitrogen and oxygen atoms in total. The minimum Gasteiger partial charge on any atom is -0.408 e. The number of aromatic nitrogens is 2. The van der Waals surface area contributed by atoms with Crippen LogP contribution in [0, 0.1) is 0 Å². The number of H-pyrrole nitrogens is 1. The molecule has 2 N–H and O–H groups in total. The third-order valence-electron chi connectivity index (χ3n) is 3.41. The number of hydrogen-bond donors (Lipinski definition) is 2. The van der Waals surface area contributed by atoms with Gasteiger partial charge in [0.15, 0.2) is 5.58 Å². The van der Waals surface area contributed by atoms with Crippen LogP contribution >= 0.6 is 11.3 Å². The van der Waals surface area contributed by atoms with E-state index in [0.717, 1.165) is 22.7 Å². The summed E-state index contributed by atoms with van der Waals surface area (Å²) in [5.41, 5.74) is 2.94. The molecule has 0 radical (unpaired) electrons. The first kappa shape index (κ1) is 15.5. The second kappa shape index (κ2) is 6.78. The van der Waals surface area contributed by atoms with Gasteiger partial charge >= 0.3 is 5.76 Å². The van der Waals surface area contributed by atoms with E-state index in [0.29, 0.717) is 30.5 Å². The van der Waals surface area contributed by atoms with E-state index in [1.807, 2.05) is 18.4 Å². The van der Waals surface area contributed by atoms with Crippen molar-refractivity contribution in [2.24, 2.45) is 0 Å². The van der Waals surface area contributed by atoms with Gasteiger partial charge in [-0.05, 0) is 18.6 Å². The number of nitrogens with zero attached hydrogens (tertiary/aromatic N) is 1. The minimum absolute atomic E-state index is 0.0808. The maximum atomic E-state index is 11.4. The second-order valence-corrected chi connectivity index (χ2v) is 6.14. The van der Waals surface area contributed by atoms with Crippen molar-refractivity contribution in [3.8, 4) is 11.3 Å². The van der Waals surface area contributed by atoms with Gasteiger partial charge in [-0.3, -0.25) is 9.78 Å². The molecule has 0 aliphatic heterocycles. The average molecular weight is 331 g/mol. The van der Waals surface area contributed by atoms with Gasteiger partial charge in [0.2, 0.25) is 5.91 Å². The first-order valence-electron chi connectivity index (χ1n) is 7.50. The number of amides is 1. The molecule has 0 saturated heterocycles. The number of hydrogen-bond acceptors (Lipinski definition) is 5. The predicted octanol–water partition coefficient (Wildman–Crippen LogP) is 2.70. The van der Waals surface area contributed by atoms with Crippen LogP contribution in [0.1, 0.15) is 24.8 Å². The monoisotopic (exact) mass is 331 g/mol. The van der Waals surface area contributed by atoms with Crippen LogP contribution < -0.4 is 11.1 Å². The van der Waals surface area contributed by atoms with Crippen LogP contribution in [0.5, 0.6) is 0 Å². The van der Waals surface area contributed by atoms with Gasteiger partial charge < -0.3 is 9.73 Å². The number of rotatable bonds is 6. The lowest BCUT2D eigenvalue weighted by molar-refractivity contribution is -0.121. The fraction of sp³-hybridized carbons (Fsp3) is 0.312.